The summed E-state index contributed by atoms with van der Waals surface area (Å²) in [6.07, 6.45) is 1.54. The van der Waals surface area contributed by atoms with E-state index in [9.17, 15) is 8.78 Å². The molecule has 0 atom stereocenters. The van der Waals surface area contributed by atoms with Crippen molar-refractivity contribution in [1.82, 2.24) is 10.3 Å². The van der Waals surface area contributed by atoms with Crippen molar-refractivity contribution in [3.8, 4) is 11.6 Å². The van der Waals surface area contributed by atoms with Gasteiger partial charge in [-0.2, -0.15) is 0 Å². The number of aromatic nitrogens is 1. The van der Waals surface area contributed by atoms with Crippen molar-refractivity contribution in [3.63, 3.8) is 0 Å². The van der Waals surface area contributed by atoms with Crippen molar-refractivity contribution >= 4 is 15.9 Å². The van der Waals surface area contributed by atoms with Crippen LogP contribution in [0, 0.1) is 11.6 Å². The molecule has 0 bridgehead atoms. The Labute approximate surface area is 124 Å². The summed E-state index contributed by atoms with van der Waals surface area (Å²) in [5, 5.41) is 3.14. The number of rotatable bonds is 5. The quantitative estimate of drug-likeness (QED) is 0.890. The van der Waals surface area contributed by atoms with E-state index in [-0.39, 0.29) is 11.6 Å². The summed E-state index contributed by atoms with van der Waals surface area (Å²) < 4.78 is 32.9. The largest absolute Gasteiger partial charge is 0.435 e. The molecule has 106 valence electrons. The maximum atomic E-state index is 13.6. The minimum atomic E-state index is -0.634. The Hall–Kier alpha value is -1.53. The number of nitrogens with one attached hydrogen (secondary N) is 1. The van der Waals surface area contributed by atoms with Crippen LogP contribution in [0.1, 0.15) is 12.5 Å². The summed E-state index contributed by atoms with van der Waals surface area (Å²) in [7, 11) is 0. The van der Waals surface area contributed by atoms with E-state index >= 15 is 0 Å². The molecule has 3 nitrogen and oxygen atoms in total. The molecule has 6 heteroatoms. The topological polar surface area (TPSA) is 34.2 Å². The number of hydrogen-bond acceptors (Lipinski definition) is 3. The van der Waals surface area contributed by atoms with Crippen molar-refractivity contribution in [2.75, 3.05) is 6.54 Å². The minimum Gasteiger partial charge on any atom is -0.435 e. The second kappa shape index (κ2) is 6.76. The van der Waals surface area contributed by atoms with E-state index in [2.05, 4.69) is 26.2 Å². The monoisotopic (exact) mass is 342 g/mol. The average Bonchev–Trinajstić information content (AvgIpc) is 2.43. The van der Waals surface area contributed by atoms with E-state index in [1.807, 2.05) is 13.0 Å². The third-order valence-electron chi connectivity index (χ3n) is 2.56. The molecule has 0 fully saturated rings. The number of ether oxygens (including phenoxy) is 1. The fourth-order valence-corrected chi connectivity index (χ4v) is 1.99. The van der Waals surface area contributed by atoms with Crippen LogP contribution in [0.15, 0.2) is 34.9 Å². The summed E-state index contributed by atoms with van der Waals surface area (Å²) >= 11 is 3.32. The number of nitrogens with zero attached hydrogens (tertiary/aromatic N) is 1. The van der Waals surface area contributed by atoms with Crippen molar-refractivity contribution in [3.05, 3.63) is 52.1 Å². The molecule has 1 heterocycles. The number of halogens is 3. The van der Waals surface area contributed by atoms with Gasteiger partial charge >= 0.3 is 0 Å². The Kier molecular flexibility index (Phi) is 5.03. The third kappa shape index (κ3) is 3.74. The summed E-state index contributed by atoms with van der Waals surface area (Å²) in [6, 6.07) is 4.88. The molecule has 1 N–H and O–H groups in total. The highest BCUT2D eigenvalue weighted by atomic mass is 79.9. The highest BCUT2D eigenvalue weighted by Crippen LogP contribution is 2.28. The standard InChI is InChI=1S/C14H13BrF2N2O/c1-2-18-7-9-5-10(15)8-19-14(9)20-13-6-11(16)3-4-12(13)17/h3-6,8,18H,2,7H2,1H3. The van der Waals surface area contributed by atoms with Gasteiger partial charge in [0.2, 0.25) is 5.88 Å². The van der Waals surface area contributed by atoms with Gasteiger partial charge in [-0.05, 0) is 40.7 Å². The molecule has 0 saturated carbocycles. The normalized spacial score (nSPS) is 10.6. The average molecular weight is 343 g/mol. The van der Waals surface area contributed by atoms with E-state index in [1.165, 1.54) is 0 Å². The van der Waals surface area contributed by atoms with Crippen molar-refractivity contribution in [2.24, 2.45) is 0 Å². The van der Waals surface area contributed by atoms with E-state index in [1.54, 1.807) is 6.20 Å². The van der Waals surface area contributed by atoms with Gasteiger partial charge in [-0.3, -0.25) is 0 Å². The first-order valence-corrected chi connectivity index (χ1v) is 6.87. The van der Waals surface area contributed by atoms with E-state index in [0.717, 1.165) is 34.8 Å². The van der Waals surface area contributed by atoms with E-state index in [4.69, 9.17) is 4.74 Å². The van der Waals surface area contributed by atoms with Crippen LogP contribution in [0.3, 0.4) is 0 Å². The molecule has 0 spiro atoms. The highest BCUT2D eigenvalue weighted by Gasteiger charge is 2.11. The van der Waals surface area contributed by atoms with Crippen LogP contribution >= 0.6 is 15.9 Å². The predicted molar refractivity (Wildman–Crippen MR) is 75.7 cm³/mol. The number of benzene rings is 1. The molecule has 2 aromatic rings. The zero-order valence-corrected chi connectivity index (χ0v) is 12.4. The molecular weight excluding hydrogens is 330 g/mol. The molecule has 20 heavy (non-hydrogen) atoms. The van der Waals surface area contributed by atoms with Crippen molar-refractivity contribution in [2.45, 2.75) is 13.5 Å². The first kappa shape index (κ1) is 14.9. The van der Waals surface area contributed by atoms with Gasteiger partial charge in [0.05, 0.1) is 0 Å². The Bertz CT molecular complexity index is 608. The van der Waals surface area contributed by atoms with Crippen LogP contribution in [0.5, 0.6) is 11.6 Å². The number of pyridine rings is 1. The lowest BCUT2D eigenvalue weighted by molar-refractivity contribution is 0.416. The molecule has 0 unspecified atom stereocenters. The lowest BCUT2D eigenvalue weighted by atomic mass is 10.2. The van der Waals surface area contributed by atoms with Gasteiger partial charge < -0.3 is 10.1 Å². The minimum absolute atomic E-state index is 0.183. The van der Waals surface area contributed by atoms with Crippen LogP contribution in [-0.2, 0) is 6.54 Å². The molecule has 0 amide bonds. The summed E-state index contributed by atoms with van der Waals surface area (Å²) in [4.78, 5) is 4.10. The van der Waals surface area contributed by atoms with Crippen LogP contribution < -0.4 is 10.1 Å². The molecule has 1 aromatic heterocycles. The molecule has 0 saturated heterocycles. The highest BCUT2D eigenvalue weighted by molar-refractivity contribution is 9.10. The smallest absolute Gasteiger partial charge is 0.223 e. The Morgan fingerprint density at radius 2 is 2.10 bits per heavy atom. The van der Waals surface area contributed by atoms with E-state index < -0.39 is 11.6 Å². The lowest BCUT2D eigenvalue weighted by Crippen LogP contribution is -2.13. The maximum Gasteiger partial charge on any atom is 0.223 e. The van der Waals surface area contributed by atoms with Crippen LogP contribution in [0.2, 0.25) is 0 Å². The molecular formula is C14H13BrF2N2O. The zero-order valence-electron chi connectivity index (χ0n) is 10.8. The third-order valence-corrected chi connectivity index (χ3v) is 2.99. The first-order chi connectivity index (χ1) is 9.60. The van der Waals surface area contributed by atoms with Gasteiger partial charge in [0, 0.05) is 28.8 Å². The lowest BCUT2D eigenvalue weighted by Gasteiger charge is -2.11. The first-order valence-electron chi connectivity index (χ1n) is 6.08. The molecule has 0 aliphatic carbocycles. The van der Waals surface area contributed by atoms with Crippen LogP contribution in [0.4, 0.5) is 8.78 Å². The predicted octanol–water partition coefficient (Wildman–Crippen LogP) is 4.02. The molecule has 1 aromatic carbocycles. The van der Waals surface area contributed by atoms with Crippen LogP contribution in [0.25, 0.3) is 0 Å². The van der Waals surface area contributed by atoms with E-state index in [0.29, 0.717) is 6.54 Å². The molecule has 0 aliphatic heterocycles. The van der Waals surface area contributed by atoms with Gasteiger partial charge in [0.25, 0.3) is 0 Å². The van der Waals surface area contributed by atoms with Crippen LogP contribution in [-0.4, -0.2) is 11.5 Å². The van der Waals surface area contributed by atoms with Gasteiger partial charge in [0.15, 0.2) is 11.6 Å². The second-order valence-corrected chi connectivity index (χ2v) is 4.99. The zero-order chi connectivity index (χ0) is 14.5. The fraction of sp³-hybridized carbons (Fsp3) is 0.214. The Morgan fingerprint density at radius 3 is 2.85 bits per heavy atom. The van der Waals surface area contributed by atoms with Gasteiger partial charge in [0.1, 0.15) is 5.82 Å². The SMILES string of the molecule is CCNCc1cc(Br)cnc1Oc1cc(F)ccc1F. The molecule has 0 radical (unpaired) electrons. The molecule has 0 aliphatic rings. The van der Waals surface area contributed by atoms with Gasteiger partial charge in [-0.1, -0.05) is 6.92 Å². The second-order valence-electron chi connectivity index (χ2n) is 4.07. The summed E-state index contributed by atoms with van der Waals surface area (Å²) in [5.41, 5.74) is 0.755. The van der Waals surface area contributed by atoms with Gasteiger partial charge in [-0.25, -0.2) is 13.8 Å². The Balaban J connectivity index is 2.30. The fourth-order valence-electron chi connectivity index (χ4n) is 1.61. The summed E-state index contributed by atoms with van der Waals surface area (Å²) in [5.74, 6) is -1.13. The summed E-state index contributed by atoms with van der Waals surface area (Å²) in [6.45, 7) is 3.27. The van der Waals surface area contributed by atoms with Crippen molar-refractivity contribution in [1.29, 1.82) is 0 Å². The molecule has 2 rings (SSSR count). The maximum absolute atomic E-state index is 13.6. The van der Waals surface area contributed by atoms with Gasteiger partial charge in [-0.15, -0.1) is 0 Å². The number of hydrogen-bond donors (Lipinski definition) is 1. The Morgan fingerprint density at radius 1 is 1.30 bits per heavy atom. The van der Waals surface area contributed by atoms with Crippen molar-refractivity contribution < 1.29 is 13.5 Å².